The summed E-state index contributed by atoms with van der Waals surface area (Å²) in [4.78, 5) is 2.61. The molecule has 1 aliphatic heterocycles. The third kappa shape index (κ3) is 1.62. The van der Waals surface area contributed by atoms with Crippen LogP contribution in [0, 0.1) is 17.8 Å². The van der Waals surface area contributed by atoms with E-state index in [-0.39, 0.29) is 0 Å². The van der Waals surface area contributed by atoms with Gasteiger partial charge in [0.15, 0.2) is 0 Å². The zero-order chi connectivity index (χ0) is 12.1. The second-order valence-electron chi connectivity index (χ2n) is 6.52. The SMILES string of the molecule is Nc1ccc2c(c1)CCN2CC1CC2CCC1C2. The molecule has 2 nitrogen and oxygen atoms in total. The first kappa shape index (κ1) is 10.7. The van der Waals surface area contributed by atoms with Crippen molar-refractivity contribution in [1.82, 2.24) is 0 Å². The van der Waals surface area contributed by atoms with Crippen molar-refractivity contribution in [3.05, 3.63) is 23.8 Å². The van der Waals surface area contributed by atoms with E-state index in [0.29, 0.717) is 0 Å². The van der Waals surface area contributed by atoms with Gasteiger partial charge in [-0.25, -0.2) is 0 Å². The van der Waals surface area contributed by atoms with E-state index in [1.165, 1.54) is 56.4 Å². The summed E-state index contributed by atoms with van der Waals surface area (Å²) < 4.78 is 0. The van der Waals surface area contributed by atoms with E-state index in [1.807, 2.05) is 0 Å². The molecule has 0 saturated heterocycles. The van der Waals surface area contributed by atoms with Crippen LogP contribution in [0.5, 0.6) is 0 Å². The topological polar surface area (TPSA) is 29.3 Å². The van der Waals surface area contributed by atoms with Crippen LogP contribution in [0.4, 0.5) is 11.4 Å². The first-order valence-corrected chi connectivity index (χ1v) is 7.43. The third-order valence-electron chi connectivity index (χ3n) is 5.43. The quantitative estimate of drug-likeness (QED) is 0.808. The average Bonchev–Trinajstić information content (AvgIpc) is 3.04. The normalized spacial score (nSPS) is 33.1. The van der Waals surface area contributed by atoms with Gasteiger partial charge >= 0.3 is 0 Å². The number of hydrogen-bond donors (Lipinski definition) is 1. The largest absolute Gasteiger partial charge is 0.399 e. The standard InChI is InChI=1S/C16H22N2/c17-15-3-4-16-13(9-15)5-6-18(16)10-14-8-11-1-2-12(14)7-11/h3-4,9,11-12,14H,1-2,5-8,10,17H2. The van der Waals surface area contributed by atoms with E-state index < -0.39 is 0 Å². The minimum Gasteiger partial charge on any atom is -0.399 e. The molecular weight excluding hydrogens is 220 g/mol. The van der Waals surface area contributed by atoms with Gasteiger partial charge in [-0.1, -0.05) is 6.42 Å². The summed E-state index contributed by atoms with van der Waals surface area (Å²) in [6.45, 7) is 2.49. The van der Waals surface area contributed by atoms with E-state index in [4.69, 9.17) is 5.73 Å². The molecule has 0 amide bonds. The maximum Gasteiger partial charge on any atom is 0.0401 e. The van der Waals surface area contributed by atoms with Crippen LogP contribution < -0.4 is 10.6 Å². The highest BCUT2D eigenvalue weighted by Crippen LogP contribution is 2.49. The Morgan fingerprint density at radius 2 is 2.17 bits per heavy atom. The highest BCUT2D eigenvalue weighted by Gasteiger charge is 2.40. The van der Waals surface area contributed by atoms with Gasteiger partial charge in [0.05, 0.1) is 0 Å². The Morgan fingerprint density at radius 1 is 1.22 bits per heavy atom. The lowest BCUT2D eigenvalue weighted by Gasteiger charge is -2.28. The van der Waals surface area contributed by atoms with Gasteiger partial charge in [0.25, 0.3) is 0 Å². The van der Waals surface area contributed by atoms with Crippen LogP contribution in [0.2, 0.25) is 0 Å². The minimum absolute atomic E-state index is 0.913. The molecule has 96 valence electrons. The van der Waals surface area contributed by atoms with Gasteiger partial charge < -0.3 is 10.6 Å². The molecule has 1 aromatic carbocycles. The molecule has 3 aliphatic rings. The molecule has 2 N–H and O–H groups in total. The lowest BCUT2D eigenvalue weighted by atomic mass is 9.88. The van der Waals surface area contributed by atoms with Gasteiger partial charge in [-0.15, -0.1) is 0 Å². The first-order chi connectivity index (χ1) is 8.79. The minimum atomic E-state index is 0.913. The zero-order valence-electron chi connectivity index (χ0n) is 10.9. The van der Waals surface area contributed by atoms with E-state index >= 15 is 0 Å². The maximum atomic E-state index is 5.87. The maximum absolute atomic E-state index is 5.87. The molecule has 0 spiro atoms. The molecule has 0 aromatic heterocycles. The Hall–Kier alpha value is -1.18. The van der Waals surface area contributed by atoms with E-state index in [0.717, 1.165) is 23.4 Å². The Bertz CT molecular complexity index is 468. The molecule has 2 aliphatic carbocycles. The Morgan fingerprint density at radius 3 is 2.94 bits per heavy atom. The fourth-order valence-electron chi connectivity index (χ4n) is 4.56. The molecule has 3 atom stereocenters. The molecule has 3 unspecified atom stereocenters. The monoisotopic (exact) mass is 242 g/mol. The number of anilines is 2. The molecule has 2 heteroatoms. The molecule has 2 fully saturated rings. The number of benzene rings is 1. The lowest BCUT2D eigenvalue weighted by Crippen LogP contribution is -2.30. The van der Waals surface area contributed by atoms with Crippen molar-refractivity contribution in [3.8, 4) is 0 Å². The van der Waals surface area contributed by atoms with Gasteiger partial charge in [-0.2, -0.15) is 0 Å². The second-order valence-corrected chi connectivity index (χ2v) is 6.52. The van der Waals surface area contributed by atoms with E-state index in [2.05, 4.69) is 23.1 Å². The Balaban J connectivity index is 1.51. The van der Waals surface area contributed by atoms with Crippen LogP contribution in [-0.4, -0.2) is 13.1 Å². The van der Waals surface area contributed by atoms with Crippen molar-refractivity contribution < 1.29 is 0 Å². The predicted molar refractivity (Wildman–Crippen MR) is 75.7 cm³/mol. The molecular formula is C16H22N2. The molecule has 18 heavy (non-hydrogen) atoms. The average molecular weight is 242 g/mol. The Kier molecular flexibility index (Phi) is 2.33. The number of rotatable bonds is 2. The summed E-state index contributed by atoms with van der Waals surface area (Å²) in [6, 6.07) is 6.44. The van der Waals surface area contributed by atoms with E-state index in [1.54, 1.807) is 0 Å². The van der Waals surface area contributed by atoms with Crippen LogP contribution in [0.25, 0.3) is 0 Å². The van der Waals surface area contributed by atoms with Crippen LogP contribution in [0.15, 0.2) is 18.2 Å². The van der Waals surface area contributed by atoms with E-state index in [9.17, 15) is 0 Å². The van der Waals surface area contributed by atoms with Crippen molar-refractivity contribution in [2.24, 2.45) is 17.8 Å². The van der Waals surface area contributed by atoms with Crippen LogP contribution in [-0.2, 0) is 6.42 Å². The first-order valence-electron chi connectivity index (χ1n) is 7.43. The Labute approximate surface area is 109 Å². The summed E-state index contributed by atoms with van der Waals surface area (Å²) in [5, 5.41) is 0. The molecule has 1 heterocycles. The van der Waals surface area contributed by atoms with Crippen LogP contribution in [0.3, 0.4) is 0 Å². The molecule has 2 bridgehead atoms. The number of nitrogen functional groups attached to an aromatic ring is 1. The summed E-state index contributed by atoms with van der Waals surface area (Å²) in [7, 11) is 0. The number of hydrogen-bond acceptors (Lipinski definition) is 2. The summed E-state index contributed by atoms with van der Waals surface area (Å²) in [6.07, 6.45) is 7.20. The zero-order valence-corrected chi connectivity index (χ0v) is 10.9. The second kappa shape index (κ2) is 3.91. The molecule has 1 aromatic rings. The van der Waals surface area contributed by atoms with Gasteiger partial charge in [-0.05, 0) is 67.2 Å². The van der Waals surface area contributed by atoms with Crippen molar-refractivity contribution >= 4 is 11.4 Å². The van der Waals surface area contributed by atoms with Gasteiger partial charge in [0, 0.05) is 24.5 Å². The molecule has 0 radical (unpaired) electrons. The van der Waals surface area contributed by atoms with Crippen LogP contribution >= 0.6 is 0 Å². The smallest absolute Gasteiger partial charge is 0.0401 e. The van der Waals surface area contributed by atoms with Crippen molar-refractivity contribution in [1.29, 1.82) is 0 Å². The highest BCUT2D eigenvalue weighted by atomic mass is 15.1. The van der Waals surface area contributed by atoms with Gasteiger partial charge in [-0.3, -0.25) is 0 Å². The summed E-state index contributed by atoms with van der Waals surface area (Å²) in [5.74, 6) is 3.06. The predicted octanol–water partition coefficient (Wildman–Crippen LogP) is 3.07. The summed E-state index contributed by atoms with van der Waals surface area (Å²) in [5.41, 5.74) is 9.69. The fourth-order valence-corrected chi connectivity index (χ4v) is 4.56. The number of nitrogens with two attached hydrogens (primary N) is 1. The van der Waals surface area contributed by atoms with Gasteiger partial charge in [0.1, 0.15) is 0 Å². The van der Waals surface area contributed by atoms with Crippen molar-refractivity contribution in [2.45, 2.75) is 32.1 Å². The summed E-state index contributed by atoms with van der Waals surface area (Å²) >= 11 is 0. The fraction of sp³-hybridized carbons (Fsp3) is 0.625. The lowest BCUT2D eigenvalue weighted by molar-refractivity contribution is 0.335. The highest BCUT2D eigenvalue weighted by molar-refractivity contribution is 5.63. The number of fused-ring (bicyclic) bond motifs is 3. The van der Waals surface area contributed by atoms with Crippen molar-refractivity contribution in [2.75, 3.05) is 23.7 Å². The van der Waals surface area contributed by atoms with Crippen LogP contribution in [0.1, 0.15) is 31.2 Å². The third-order valence-corrected chi connectivity index (χ3v) is 5.43. The number of nitrogens with zero attached hydrogens (tertiary/aromatic N) is 1. The van der Waals surface area contributed by atoms with Gasteiger partial charge in [0.2, 0.25) is 0 Å². The molecule has 4 rings (SSSR count). The van der Waals surface area contributed by atoms with Crippen molar-refractivity contribution in [3.63, 3.8) is 0 Å². The molecule has 2 saturated carbocycles.